The zero-order valence-electron chi connectivity index (χ0n) is 14.6. The van der Waals surface area contributed by atoms with E-state index >= 15 is 0 Å². The Morgan fingerprint density at radius 3 is 2.79 bits per heavy atom. The minimum atomic E-state index is -0.325. The molecule has 1 aromatic heterocycles. The van der Waals surface area contributed by atoms with Gasteiger partial charge in [0.15, 0.2) is 5.16 Å². The Morgan fingerprint density at radius 1 is 1.33 bits per heavy atom. The molecule has 0 aromatic carbocycles. The summed E-state index contributed by atoms with van der Waals surface area (Å²) >= 11 is 1.33. The number of ether oxygens (including phenoxy) is 1. The van der Waals surface area contributed by atoms with Crippen LogP contribution in [-0.4, -0.2) is 45.0 Å². The fourth-order valence-electron chi connectivity index (χ4n) is 2.88. The van der Waals surface area contributed by atoms with E-state index in [1.807, 2.05) is 0 Å². The van der Waals surface area contributed by atoms with Crippen LogP contribution in [-0.2, 0) is 27.8 Å². The molecular weight excluding hydrogens is 328 g/mol. The number of carbonyl (C=O) groups is 2. The summed E-state index contributed by atoms with van der Waals surface area (Å²) in [5, 5.41) is 11.8. The molecule has 0 saturated heterocycles. The summed E-state index contributed by atoms with van der Waals surface area (Å²) in [6.45, 7) is 4.31. The highest BCUT2D eigenvalue weighted by Crippen LogP contribution is 2.24. The van der Waals surface area contributed by atoms with Gasteiger partial charge in [-0.1, -0.05) is 31.5 Å². The average Bonchev–Trinajstić information content (AvgIpc) is 2.88. The maximum absolute atomic E-state index is 12.1. The summed E-state index contributed by atoms with van der Waals surface area (Å²) in [4.78, 5) is 23.7. The first-order valence-electron chi connectivity index (χ1n) is 8.47. The van der Waals surface area contributed by atoms with Gasteiger partial charge >= 0.3 is 5.97 Å². The van der Waals surface area contributed by atoms with E-state index in [1.54, 1.807) is 18.5 Å². The van der Waals surface area contributed by atoms with Crippen molar-refractivity contribution < 1.29 is 14.3 Å². The van der Waals surface area contributed by atoms with Gasteiger partial charge in [-0.15, -0.1) is 10.2 Å². The Balaban J connectivity index is 1.82. The van der Waals surface area contributed by atoms with Gasteiger partial charge in [0, 0.05) is 13.1 Å². The van der Waals surface area contributed by atoms with Crippen molar-refractivity contribution in [2.75, 3.05) is 12.4 Å². The van der Waals surface area contributed by atoms with Crippen LogP contribution in [0.1, 0.15) is 45.4 Å². The van der Waals surface area contributed by atoms with Crippen molar-refractivity contribution in [3.05, 3.63) is 5.82 Å². The van der Waals surface area contributed by atoms with Gasteiger partial charge in [-0.3, -0.25) is 9.59 Å². The third-order valence-electron chi connectivity index (χ3n) is 4.32. The largest absolute Gasteiger partial charge is 0.466 e. The van der Waals surface area contributed by atoms with Gasteiger partial charge in [-0.25, -0.2) is 0 Å². The molecule has 1 amide bonds. The maximum atomic E-state index is 12.1. The zero-order chi connectivity index (χ0) is 17.5. The van der Waals surface area contributed by atoms with Crippen molar-refractivity contribution in [3.8, 4) is 0 Å². The fourth-order valence-corrected chi connectivity index (χ4v) is 3.62. The number of amides is 1. The van der Waals surface area contributed by atoms with Crippen molar-refractivity contribution in [3.63, 3.8) is 0 Å². The molecular formula is C16H26N4O3S. The van der Waals surface area contributed by atoms with Crippen molar-refractivity contribution in [1.29, 1.82) is 0 Å². The molecule has 24 heavy (non-hydrogen) atoms. The van der Waals surface area contributed by atoms with E-state index in [9.17, 15) is 9.59 Å². The Labute approximate surface area is 146 Å². The molecule has 1 heterocycles. The van der Waals surface area contributed by atoms with Gasteiger partial charge in [0.2, 0.25) is 5.91 Å². The van der Waals surface area contributed by atoms with Crippen LogP contribution >= 0.6 is 11.8 Å². The predicted molar refractivity (Wildman–Crippen MR) is 91.6 cm³/mol. The van der Waals surface area contributed by atoms with Gasteiger partial charge in [0.25, 0.3) is 0 Å². The maximum Gasteiger partial charge on any atom is 0.313 e. The molecule has 1 aliphatic carbocycles. The molecule has 1 aliphatic rings. The smallest absolute Gasteiger partial charge is 0.313 e. The molecule has 0 aliphatic heterocycles. The number of hydrogen-bond acceptors (Lipinski definition) is 6. The molecule has 2 atom stereocenters. The molecule has 7 nitrogen and oxygen atoms in total. The minimum Gasteiger partial charge on any atom is -0.466 e. The normalized spacial score (nSPS) is 20.6. The quantitative estimate of drug-likeness (QED) is 0.592. The lowest BCUT2D eigenvalue weighted by Crippen LogP contribution is -2.41. The standard InChI is InChI=1S/C16H26N4O3S/c1-4-23-15(22)9-13-18-19-16(20(13)3)24-10-14(21)17-12-8-6-5-7-11(12)2/h11-12H,4-10H2,1-3H3,(H,17,21)/t11-,12-/m0/s1. The lowest BCUT2D eigenvalue weighted by atomic mass is 9.86. The van der Waals surface area contributed by atoms with E-state index < -0.39 is 0 Å². The molecule has 1 fully saturated rings. The highest BCUT2D eigenvalue weighted by molar-refractivity contribution is 7.99. The summed E-state index contributed by atoms with van der Waals surface area (Å²) in [6, 6.07) is 0.283. The molecule has 0 bridgehead atoms. The third-order valence-corrected chi connectivity index (χ3v) is 5.34. The van der Waals surface area contributed by atoms with Crippen molar-refractivity contribution in [2.24, 2.45) is 13.0 Å². The number of aromatic nitrogens is 3. The van der Waals surface area contributed by atoms with E-state index in [4.69, 9.17) is 4.74 Å². The Hall–Kier alpha value is -1.57. The summed E-state index contributed by atoms with van der Waals surface area (Å²) in [5.74, 6) is 1.08. The van der Waals surface area contributed by atoms with Crippen molar-refractivity contribution >= 4 is 23.6 Å². The minimum absolute atomic E-state index is 0.0219. The highest BCUT2D eigenvalue weighted by Gasteiger charge is 2.23. The van der Waals surface area contributed by atoms with Crippen molar-refractivity contribution in [2.45, 2.75) is 57.1 Å². The van der Waals surface area contributed by atoms with Crippen LogP contribution in [0.3, 0.4) is 0 Å². The summed E-state index contributed by atoms with van der Waals surface area (Å²) in [5.41, 5.74) is 0. The van der Waals surface area contributed by atoms with E-state index in [1.165, 1.54) is 31.0 Å². The summed E-state index contributed by atoms with van der Waals surface area (Å²) in [6.07, 6.45) is 4.76. The third kappa shape index (κ3) is 5.22. The SMILES string of the molecule is CCOC(=O)Cc1nnc(SCC(=O)N[C@H]2CCCC[C@@H]2C)n1C. The van der Waals surface area contributed by atoms with Gasteiger partial charge < -0.3 is 14.6 Å². The second-order valence-corrected chi connectivity index (χ2v) is 7.11. The zero-order valence-corrected chi connectivity index (χ0v) is 15.4. The van der Waals surface area contributed by atoms with Crippen molar-refractivity contribution in [1.82, 2.24) is 20.1 Å². The second-order valence-electron chi connectivity index (χ2n) is 6.16. The molecule has 134 valence electrons. The van der Waals surface area contributed by atoms with Gasteiger partial charge in [-0.05, 0) is 25.7 Å². The van der Waals surface area contributed by atoms with Crippen LogP contribution in [0.4, 0.5) is 0 Å². The lowest BCUT2D eigenvalue weighted by molar-refractivity contribution is -0.142. The number of carbonyl (C=O) groups excluding carboxylic acids is 2. The molecule has 1 saturated carbocycles. The summed E-state index contributed by atoms with van der Waals surface area (Å²) in [7, 11) is 1.79. The van der Waals surface area contributed by atoms with Gasteiger partial charge in [0.1, 0.15) is 12.2 Å². The Morgan fingerprint density at radius 2 is 2.08 bits per heavy atom. The Bertz CT molecular complexity index is 576. The van der Waals surface area contributed by atoms with Gasteiger partial charge in [0.05, 0.1) is 12.4 Å². The van der Waals surface area contributed by atoms with E-state index in [0.717, 1.165) is 6.42 Å². The van der Waals surface area contributed by atoms with Crippen LogP contribution in [0.2, 0.25) is 0 Å². The summed E-state index contributed by atoms with van der Waals surface area (Å²) < 4.78 is 6.65. The van der Waals surface area contributed by atoms with Crippen LogP contribution in [0, 0.1) is 5.92 Å². The number of hydrogen-bond donors (Lipinski definition) is 1. The van der Waals surface area contributed by atoms with E-state index in [2.05, 4.69) is 22.4 Å². The predicted octanol–water partition coefficient (Wildman–Crippen LogP) is 1.71. The van der Waals surface area contributed by atoms with E-state index in [0.29, 0.717) is 29.3 Å². The molecule has 2 rings (SSSR count). The topological polar surface area (TPSA) is 86.1 Å². The molecule has 1 N–H and O–H groups in total. The number of thioether (sulfide) groups is 1. The monoisotopic (exact) mass is 354 g/mol. The molecule has 0 unspecified atom stereocenters. The first kappa shape index (κ1) is 18.8. The number of esters is 1. The fraction of sp³-hybridized carbons (Fsp3) is 0.750. The number of nitrogens with one attached hydrogen (secondary N) is 1. The highest BCUT2D eigenvalue weighted by atomic mass is 32.2. The number of rotatable bonds is 7. The number of nitrogens with zero attached hydrogens (tertiary/aromatic N) is 3. The van der Waals surface area contributed by atoms with Gasteiger partial charge in [-0.2, -0.15) is 0 Å². The molecule has 0 spiro atoms. The second kappa shape index (κ2) is 9.05. The van der Waals surface area contributed by atoms with E-state index in [-0.39, 0.29) is 24.3 Å². The average molecular weight is 354 g/mol. The van der Waals surface area contributed by atoms with Crippen LogP contribution < -0.4 is 5.32 Å². The molecule has 1 aromatic rings. The lowest BCUT2D eigenvalue weighted by Gasteiger charge is -2.29. The van der Waals surface area contributed by atoms with Crippen LogP contribution in [0.15, 0.2) is 5.16 Å². The first-order chi connectivity index (χ1) is 11.5. The van der Waals surface area contributed by atoms with Crippen LogP contribution in [0.25, 0.3) is 0 Å². The Kier molecular flexibility index (Phi) is 7.08. The molecule has 8 heteroatoms. The first-order valence-corrected chi connectivity index (χ1v) is 9.45. The molecule has 0 radical (unpaired) electrons. The van der Waals surface area contributed by atoms with Crippen LogP contribution in [0.5, 0.6) is 0 Å².